The number of rotatable bonds is 2. The second-order valence-corrected chi connectivity index (χ2v) is 3.49. The molecule has 1 aliphatic heterocycles. The molecule has 0 aliphatic carbocycles. The van der Waals surface area contributed by atoms with Crippen molar-refractivity contribution in [3.05, 3.63) is 0 Å². The Balaban J connectivity index is 2.48. The van der Waals surface area contributed by atoms with Gasteiger partial charge in [-0.15, -0.1) is 0 Å². The van der Waals surface area contributed by atoms with Gasteiger partial charge in [-0.1, -0.05) is 13.3 Å². The molecule has 3 heteroatoms. The van der Waals surface area contributed by atoms with Crippen LogP contribution in [0.25, 0.3) is 0 Å². The van der Waals surface area contributed by atoms with Gasteiger partial charge in [0.05, 0.1) is 6.04 Å². The summed E-state index contributed by atoms with van der Waals surface area (Å²) in [5.74, 6) is 0. The first kappa shape index (κ1) is 9.36. The number of aliphatic imine (C=N–C) groups is 1. The lowest BCUT2D eigenvalue weighted by Gasteiger charge is -2.15. The van der Waals surface area contributed by atoms with Crippen LogP contribution in [0.5, 0.6) is 0 Å². The third-order valence-electron chi connectivity index (χ3n) is 2.06. The van der Waals surface area contributed by atoms with E-state index in [9.17, 15) is 0 Å². The van der Waals surface area contributed by atoms with Crippen molar-refractivity contribution in [2.24, 2.45) is 4.99 Å². The molecule has 0 fully saturated rings. The molecule has 2 atom stereocenters. The Bertz CT molecular complexity index is 177. The number of hydrogen-bond donors (Lipinski definition) is 0. The predicted octanol–water partition coefficient (Wildman–Crippen LogP) is 1.49. The summed E-state index contributed by atoms with van der Waals surface area (Å²) in [4.78, 5) is 6.33. The fraction of sp³-hybridized carbons (Fsp3) is 0.889. The minimum atomic E-state index is 0.299. The van der Waals surface area contributed by atoms with Crippen molar-refractivity contribution < 1.29 is 4.74 Å². The summed E-state index contributed by atoms with van der Waals surface area (Å²) in [6.45, 7) is 4.28. The first-order valence-corrected chi connectivity index (χ1v) is 4.57. The Morgan fingerprint density at radius 3 is 2.58 bits per heavy atom. The maximum Gasteiger partial charge on any atom is 0.287 e. The van der Waals surface area contributed by atoms with Gasteiger partial charge in [0.15, 0.2) is 0 Å². The fourth-order valence-electron chi connectivity index (χ4n) is 1.33. The molecule has 0 bridgehead atoms. The lowest BCUT2D eigenvalue weighted by atomic mass is 10.1. The molecule has 1 heterocycles. The summed E-state index contributed by atoms with van der Waals surface area (Å²) in [5, 5.41) is 0. The first-order valence-electron chi connectivity index (χ1n) is 4.57. The second-order valence-electron chi connectivity index (χ2n) is 3.49. The van der Waals surface area contributed by atoms with Crippen molar-refractivity contribution in [2.45, 2.75) is 38.8 Å². The van der Waals surface area contributed by atoms with E-state index >= 15 is 0 Å². The van der Waals surface area contributed by atoms with Gasteiger partial charge < -0.3 is 9.64 Å². The zero-order valence-corrected chi connectivity index (χ0v) is 8.37. The fourth-order valence-corrected chi connectivity index (χ4v) is 1.33. The van der Waals surface area contributed by atoms with Gasteiger partial charge in [0.2, 0.25) is 0 Å². The number of amidine groups is 1. The molecule has 12 heavy (non-hydrogen) atoms. The van der Waals surface area contributed by atoms with E-state index in [2.05, 4.69) is 18.8 Å². The molecular formula is C9H18N2O. The predicted molar refractivity (Wildman–Crippen MR) is 50.4 cm³/mol. The summed E-state index contributed by atoms with van der Waals surface area (Å²) < 4.78 is 5.65. The number of nitrogens with zero attached hydrogens (tertiary/aromatic N) is 2. The maximum atomic E-state index is 5.65. The van der Waals surface area contributed by atoms with E-state index in [4.69, 9.17) is 4.74 Å². The summed E-state index contributed by atoms with van der Waals surface area (Å²) in [5.41, 5.74) is 0. The maximum absolute atomic E-state index is 5.65. The smallest absolute Gasteiger partial charge is 0.287 e. The van der Waals surface area contributed by atoms with E-state index in [1.54, 1.807) is 0 Å². The Labute approximate surface area is 74.4 Å². The van der Waals surface area contributed by atoms with Crippen molar-refractivity contribution in [3.63, 3.8) is 0 Å². The Kier molecular flexibility index (Phi) is 2.95. The molecule has 0 aromatic heterocycles. The molecule has 0 saturated carbocycles. The lowest BCUT2D eigenvalue weighted by Crippen LogP contribution is -2.25. The number of hydrogen-bond acceptors (Lipinski definition) is 3. The van der Waals surface area contributed by atoms with E-state index in [0.717, 1.165) is 18.9 Å². The molecule has 70 valence electrons. The molecule has 0 spiro atoms. The van der Waals surface area contributed by atoms with Crippen LogP contribution in [0, 0.1) is 0 Å². The molecule has 0 N–H and O–H groups in total. The second kappa shape index (κ2) is 3.78. The normalized spacial score (nSPS) is 28.2. The Morgan fingerprint density at radius 2 is 2.17 bits per heavy atom. The van der Waals surface area contributed by atoms with Gasteiger partial charge in [-0.3, -0.25) is 0 Å². The standard InChI is InChI=1S/C9H18N2O/c1-5-6-8-7(2)10-9(12-8)11(3)4/h7-8H,5-6H2,1-4H3/t7-,8+/m0/s1. The Morgan fingerprint density at radius 1 is 1.50 bits per heavy atom. The average molecular weight is 170 g/mol. The lowest BCUT2D eigenvalue weighted by molar-refractivity contribution is 0.165. The van der Waals surface area contributed by atoms with Crippen LogP contribution in [-0.2, 0) is 4.74 Å². The highest BCUT2D eigenvalue weighted by molar-refractivity contribution is 5.75. The largest absolute Gasteiger partial charge is 0.460 e. The van der Waals surface area contributed by atoms with Crippen LogP contribution in [0.2, 0.25) is 0 Å². The summed E-state index contributed by atoms with van der Waals surface area (Å²) in [7, 11) is 3.92. The molecule has 0 aromatic rings. The van der Waals surface area contributed by atoms with Gasteiger partial charge in [-0.25, -0.2) is 4.99 Å². The van der Waals surface area contributed by atoms with Gasteiger partial charge in [0, 0.05) is 14.1 Å². The minimum absolute atomic E-state index is 0.299. The van der Waals surface area contributed by atoms with Crippen LogP contribution in [0.15, 0.2) is 4.99 Å². The molecule has 0 aromatic carbocycles. The molecule has 0 radical (unpaired) electrons. The highest BCUT2D eigenvalue weighted by Crippen LogP contribution is 2.18. The van der Waals surface area contributed by atoms with E-state index in [1.165, 1.54) is 0 Å². The van der Waals surface area contributed by atoms with E-state index in [0.29, 0.717) is 12.1 Å². The molecule has 0 saturated heterocycles. The summed E-state index contributed by atoms with van der Waals surface area (Å²) in [6.07, 6.45) is 2.56. The highest BCUT2D eigenvalue weighted by Gasteiger charge is 2.27. The van der Waals surface area contributed by atoms with Crippen LogP contribution in [0.1, 0.15) is 26.7 Å². The van der Waals surface area contributed by atoms with Crippen LogP contribution < -0.4 is 0 Å². The molecule has 1 aliphatic rings. The average Bonchev–Trinajstić information content (AvgIpc) is 2.34. The van der Waals surface area contributed by atoms with Crippen molar-refractivity contribution in [3.8, 4) is 0 Å². The van der Waals surface area contributed by atoms with E-state index < -0.39 is 0 Å². The SMILES string of the molecule is CCC[C@H]1OC(N(C)C)=N[C@H]1C. The van der Waals surface area contributed by atoms with Gasteiger partial charge in [0.1, 0.15) is 6.10 Å². The van der Waals surface area contributed by atoms with Gasteiger partial charge in [-0.2, -0.15) is 0 Å². The van der Waals surface area contributed by atoms with E-state index in [-0.39, 0.29) is 0 Å². The molecule has 0 amide bonds. The van der Waals surface area contributed by atoms with Gasteiger partial charge in [-0.05, 0) is 13.3 Å². The molecule has 1 rings (SSSR count). The third kappa shape index (κ3) is 1.90. The van der Waals surface area contributed by atoms with Gasteiger partial charge >= 0.3 is 0 Å². The van der Waals surface area contributed by atoms with Crippen molar-refractivity contribution in [1.82, 2.24) is 4.90 Å². The van der Waals surface area contributed by atoms with Crippen LogP contribution in [0.3, 0.4) is 0 Å². The summed E-state index contributed by atoms with van der Waals surface area (Å²) in [6, 6.07) is 1.10. The molecule has 3 nitrogen and oxygen atoms in total. The zero-order chi connectivity index (χ0) is 9.14. The van der Waals surface area contributed by atoms with Crippen molar-refractivity contribution in [1.29, 1.82) is 0 Å². The van der Waals surface area contributed by atoms with E-state index in [1.807, 2.05) is 19.0 Å². The van der Waals surface area contributed by atoms with Crippen LogP contribution >= 0.6 is 0 Å². The quantitative estimate of drug-likeness (QED) is 0.627. The van der Waals surface area contributed by atoms with Crippen molar-refractivity contribution >= 4 is 6.02 Å². The molecule has 0 unspecified atom stereocenters. The van der Waals surface area contributed by atoms with Crippen LogP contribution in [0.4, 0.5) is 0 Å². The zero-order valence-electron chi connectivity index (χ0n) is 8.37. The third-order valence-corrected chi connectivity index (χ3v) is 2.06. The highest BCUT2D eigenvalue weighted by atomic mass is 16.5. The Hall–Kier alpha value is -0.730. The minimum Gasteiger partial charge on any atom is -0.460 e. The number of ether oxygens (including phenoxy) is 1. The van der Waals surface area contributed by atoms with Gasteiger partial charge in [0.25, 0.3) is 6.02 Å². The summed E-state index contributed by atoms with van der Waals surface area (Å²) >= 11 is 0. The van der Waals surface area contributed by atoms with Crippen LogP contribution in [-0.4, -0.2) is 37.2 Å². The molecular weight excluding hydrogens is 152 g/mol. The van der Waals surface area contributed by atoms with Crippen molar-refractivity contribution in [2.75, 3.05) is 14.1 Å². The topological polar surface area (TPSA) is 24.8 Å². The monoisotopic (exact) mass is 170 g/mol. The first-order chi connectivity index (χ1) is 5.65.